The molecule has 3 heterocycles. The second-order valence-electron chi connectivity index (χ2n) is 7.67. The van der Waals surface area contributed by atoms with Crippen molar-refractivity contribution < 1.29 is 19.1 Å². The molecule has 0 aromatic heterocycles. The highest BCUT2D eigenvalue weighted by atomic mass is 16.6. The molecule has 4 rings (SSSR count). The number of hydrogen-bond acceptors (Lipinski definition) is 5. The number of hydrogen-bond donors (Lipinski definition) is 1. The average molecular weight is 387 g/mol. The number of nitrogens with zero attached hydrogens (tertiary/aromatic N) is 2. The molecular weight excluding hydrogens is 358 g/mol. The van der Waals surface area contributed by atoms with Crippen LogP contribution in [0, 0.1) is 5.92 Å². The van der Waals surface area contributed by atoms with Crippen molar-refractivity contribution in [3.8, 4) is 11.5 Å². The Bertz CT molecular complexity index is 732. The fourth-order valence-corrected chi connectivity index (χ4v) is 4.40. The number of benzene rings is 1. The van der Waals surface area contributed by atoms with Gasteiger partial charge < -0.3 is 24.6 Å². The SMILES string of the molecule is CCCN(C(=O)C1CCN(c2ccc3c(c2)OCCO3)C1=O)C1CCNCC1. The van der Waals surface area contributed by atoms with Crippen LogP contribution in [0.25, 0.3) is 0 Å². The summed E-state index contributed by atoms with van der Waals surface area (Å²) < 4.78 is 11.2. The van der Waals surface area contributed by atoms with E-state index in [4.69, 9.17) is 9.47 Å². The maximum Gasteiger partial charge on any atom is 0.239 e. The number of rotatable bonds is 5. The molecule has 3 aliphatic heterocycles. The van der Waals surface area contributed by atoms with E-state index in [2.05, 4.69) is 12.2 Å². The van der Waals surface area contributed by atoms with Gasteiger partial charge in [0.25, 0.3) is 0 Å². The standard InChI is InChI=1S/C21H29N3O4/c1-2-10-23(15-5-8-22-9-6-15)20(25)17-7-11-24(21(17)26)16-3-4-18-19(14-16)28-13-12-27-18/h3-4,14-15,17,22H,2,5-13H2,1H3. The number of piperidine rings is 1. The van der Waals surface area contributed by atoms with Gasteiger partial charge in [0.1, 0.15) is 19.1 Å². The first kappa shape index (κ1) is 19.1. The van der Waals surface area contributed by atoms with E-state index < -0.39 is 5.92 Å². The maximum absolute atomic E-state index is 13.3. The first-order valence-electron chi connectivity index (χ1n) is 10.4. The Labute approximate surface area is 166 Å². The quantitative estimate of drug-likeness (QED) is 0.780. The van der Waals surface area contributed by atoms with Gasteiger partial charge in [-0.2, -0.15) is 0 Å². The maximum atomic E-state index is 13.3. The summed E-state index contributed by atoms with van der Waals surface area (Å²) in [5.41, 5.74) is 0.772. The lowest BCUT2D eigenvalue weighted by atomic mass is 10.00. The van der Waals surface area contributed by atoms with Gasteiger partial charge in [-0.1, -0.05) is 6.92 Å². The average Bonchev–Trinajstić information content (AvgIpc) is 3.13. The zero-order valence-electron chi connectivity index (χ0n) is 16.5. The third-order valence-electron chi connectivity index (χ3n) is 5.84. The van der Waals surface area contributed by atoms with Crippen molar-refractivity contribution in [3.63, 3.8) is 0 Å². The number of carbonyl (C=O) groups excluding carboxylic acids is 2. The van der Waals surface area contributed by atoms with Gasteiger partial charge in [-0.05, 0) is 50.9 Å². The second kappa shape index (κ2) is 8.39. The summed E-state index contributed by atoms with van der Waals surface area (Å²) in [6.45, 7) is 6.27. The molecule has 7 nitrogen and oxygen atoms in total. The van der Waals surface area contributed by atoms with Crippen LogP contribution in [0.2, 0.25) is 0 Å². The molecule has 7 heteroatoms. The normalized spacial score (nSPS) is 22.4. The van der Waals surface area contributed by atoms with E-state index in [1.165, 1.54) is 0 Å². The molecule has 2 fully saturated rings. The Morgan fingerprint density at radius 1 is 1.18 bits per heavy atom. The highest BCUT2D eigenvalue weighted by Gasteiger charge is 2.41. The molecule has 0 radical (unpaired) electrons. The molecule has 0 saturated carbocycles. The van der Waals surface area contributed by atoms with Crippen LogP contribution in [-0.4, -0.2) is 62.1 Å². The summed E-state index contributed by atoms with van der Waals surface area (Å²) in [5.74, 6) is 0.688. The first-order chi connectivity index (χ1) is 13.7. The predicted molar refractivity (Wildman–Crippen MR) is 106 cm³/mol. The summed E-state index contributed by atoms with van der Waals surface area (Å²) in [6.07, 6.45) is 3.39. The number of anilines is 1. The summed E-state index contributed by atoms with van der Waals surface area (Å²) in [4.78, 5) is 30.1. The number of amides is 2. The Morgan fingerprint density at radius 3 is 2.68 bits per heavy atom. The van der Waals surface area contributed by atoms with Crippen molar-refractivity contribution in [2.24, 2.45) is 5.92 Å². The van der Waals surface area contributed by atoms with Gasteiger partial charge >= 0.3 is 0 Å². The minimum absolute atomic E-state index is 0.00112. The fourth-order valence-electron chi connectivity index (χ4n) is 4.40. The van der Waals surface area contributed by atoms with Crippen molar-refractivity contribution in [1.82, 2.24) is 10.2 Å². The van der Waals surface area contributed by atoms with Gasteiger partial charge in [0, 0.05) is 30.9 Å². The van der Waals surface area contributed by atoms with E-state index in [0.29, 0.717) is 37.7 Å². The molecule has 0 aliphatic carbocycles. The molecule has 1 atom stereocenters. The van der Waals surface area contributed by atoms with Gasteiger partial charge in [0.2, 0.25) is 11.8 Å². The van der Waals surface area contributed by atoms with E-state index in [9.17, 15) is 9.59 Å². The molecule has 1 N–H and O–H groups in total. The van der Waals surface area contributed by atoms with Gasteiger partial charge in [0.05, 0.1) is 0 Å². The van der Waals surface area contributed by atoms with Crippen molar-refractivity contribution >= 4 is 17.5 Å². The number of fused-ring (bicyclic) bond motifs is 1. The molecule has 1 aromatic carbocycles. The number of carbonyl (C=O) groups is 2. The van der Waals surface area contributed by atoms with Gasteiger partial charge in [-0.15, -0.1) is 0 Å². The largest absolute Gasteiger partial charge is 0.486 e. The van der Waals surface area contributed by atoms with Crippen LogP contribution >= 0.6 is 0 Å². The zero-order valence-corrected chi connectivity index (χ0v) is 16.5. The molecule has 152 valence electrons. The molecule has 2 saturated heterocycles. The molecule has 1 unspecified atom stereocenters. The van der Waals surface area contributed by atoms with Crippen LogP contribution in [0.5, 0.6) is 11.5 Å². The van der Waals surface area contributed by atoms with Gasteiger partial charge in [-0.25, -0.2) is 0 Å². The fraction of sp³-hybridized carbons (Fsp3) is 0.619. The lowest BCUT2D eigenvalue weighted by Gasteiger charge is -2.35. The van der Waals surface area contributed by atoms with Crippen LogP contribution in [0.3, 0.4) is 0 Å². The number of ether oxygens (including phenoxy) is 2. The van der Waals surface area contributed by atoms with E-state index in [1.54, 1.807) is 4.90 Å². The third-order valence-corrected chi connectivity index (χ3v) is 5.84. The predicted octanol–water partition coefficient (Wildman–Crippen LogP) is 1.80. The van der Waals surface area contributed by atoms with Crippen LogP contribution in [-0.2, 0) is 9.59 Å². The van der Waals surface area contributed by atoms with E-state index in [0.717, 1.165) is 44.6 Å². The summed E-state index contributed by atoms with van der Waals surface area (Å²) in [6, 6.07) is 5.79. The Balaban J connectivity index is 1.49. The van der Waals surface area contributed by atoms with E-state index in [1.807, 2.05) is 23.1 Å². The summed E-state index contributed by atoms with van der Waals surface area (Å²) in [7, 11) is 0. The minimum Gasteiger partial charge on any atom is -0.486 e. The molecule has 2 amide bonds. The number of nitrogens with one attached hydrogen (secondary N) is 1. The lowest BCUT2D eigenvalue weighted by Crippen LogP contribution is -2.49. The molecule has 0 spiro atoms. The Hall–Kier alpha value is -2.28. The monoisotopic (exact) mass is 387 g/mol. The van der Waals surface area contributed by atoms with Gasteiger partial charge in [0.15, 0.2) is 11.5 Å². The van der Waals surface area contributed by atoms with Crippen molar-refractivity contribution in [2.45, 2.75) is 38.6 Å². The smallest absolute Gasteiger partial charge is 0.239 e. The summed E-state index contributed by atoms with van der Waals surface area (Å²) >= 11 is 0. The van der Waals surface area contributed by atoms with E-state index in [-0.39, 0.29) is 17.9 Å². The second-order valence-corrected chi connectivity index (χ2v) is 7.67. The lowest BCUT2D eigenvalue weighted by molar-refractivity contribution is -0.142. The third kappa shape index (κ3) is 3.68. The molecule has 1 aromatic rings. The molecule has 28 heavy (non-hydrogen) atoms. The van der Waals surface area contributed by atoms with Crippen LogP contribution in [0.4, 0.5) is 5.69 Å². The first-order valence-corrected chi connectivity index (χ1v) is 10.4. The van der Waals surface area contributed by atoms with Gasteiger partial charge in [-0.3, -0.25) is 9.59 Å². The van der Waals surface area contributed by atoms with Crippen LogP contribution in [0.15, 0.2) is 18.2 Å². The van der Waals surface area contributed by atoms with E-state index >= 15 is 0 Å². The van der Waals surface area contributed by atoms with Crippen molar-refractivity contribution in [3.05, 3.63) is 18.2 Å². The highest BCUT2D eigenvalue weighted by molar-refractivity contribution is 6.09. The topological polar surface area (TPSA) is 71.1 Å². The minimum atomic E-state index is -0.574. The molecule has 0 bridgehead atoms. The highest BCUT2D eigenvalue weighted by Crippen LogP contribution is 2.36. The molecular formula is C21H29N3O4. The van der Waals surface area contributed by atoms with Crippen molar-refractivity contribution in [2.75, 3.05) is 44.3 Å². The van der Waals surface area contributed by atoms with Crippen LogP contribution in [0.1, 0.15) is 32.6 Å². The zero-order chi connectivity index (χ0) is 19.5. The Morgan fingerprint density at radius 2 is 1.93 bits per heavy atom. The van der Waals surface area contributed by atoms with Crippen molar-refractivity contribution in [1.29, 1.82) is 0 Å². The summed E-state index contributed by atoms with van der Waals surface area (Å²) in [5, 5.41) is 3.35. The Kier molecular flexibility index (Phi) is 5.71. The molecule has 3 aliphatic rings. The van der Waals surface area contributed by atoms with Crippen LogP contribution < -0.4 is 19.7 Å².